The van der Waals surface area contributed by atoms with Crippen LogP contribution in [0.25, 0.3) is 0 Å². The second-order valence-electron chi connectivity index (χ2n) is 3.70. The fraction of sp³-hybridized carbons (Fsp3) is 0.900. The van der Waals surface area contributed by atoms with E-state index >= 15 is 0 Å². The number of carbonyl (C=O) groups excluding carboxylic acids is 1. The lowest BCUT2D eigenvalue weighted by atomic mass is 9.99. The third kappa shape index (κ3) is 5.64. The van der Waals surface area contributed by atoms with E-state index in [0.29, 0.717) is 6.54 Å². The molecule has 0 bridgehead atoms. The van der Waals surface area contributed by atoms with Crippen molar-refractivity contribution in [1.29, 1.82) is 0 Å². The van der Waals surface area contributed by atoms with Crippen molar-refractivity contribution in [2.75, 3.05) is 6.54 Å². The molecule has 3 heteroatoms. The van der Waals surface area contributed by atoms with E-state index < -0.39 is 0 Å². The van der Waals surface area contributed by atoms with Gasteiger partial charge in [-0.3, -0.25) is 4.79 Å². The quantitative estimate of drug-likeness (QED) is 0.656. The summed E-state index contributed by atoms with van der Waals surface area (Å²) < 4.78 is 0. The Kier molecular flexibility index (Phi) is 6.59. The minimum absolute atomic E-state index is 0.144. The molecule has 0 aliphatic heterocycles. The Morgan fingerprint density at radius 1 is 1.46 bits per heavy atom. The van der Waals surface area contributed by atoms with Crippen molar-refractivity contribution in [3.05, 3.63) is 0 Å². The van der Waals surface area contributed by atoms with E-state index in [1.807, 2.05) is 20.8 Å². The number of hydrogen-bond acceptors (Lipinski definition) is 2. The molecule has 0 rings (SSSR count). The molecular weight excluding hydrogens is 164 g/mol. The molecule has 0 radical (unpaired) electrons. The van der Waals surface area contributed by atoms with Gasteiger partial charge >= 0.3 is 0 Å². The number of rotatable bonds is 6. The highest BCUT2D eigenvalue weighted by molar-refractivity contribution is 5.78. The summed E-state index contributed by atoms with van der Waals surface area (Å²) in [5, 5.41) is 2.92. The van der Waals surface area contributed by atoms with E-state index in [9.17, 15) is 4.79 Å². The molecule has 0 aliphatic rings. The van der Waals surface area contributed by atoms with Crippen LogP contribution in [-0.4, -0.2) is 18.5 Å². The van der Waals surface area contributed by atoms with Gasteiger partial charge in [-0.05, 0) is 39.7 Å². The highest BCUT2D eigenvalue weighted by Crippen LogP contribution is 2.10. The van der Waals surface area contributed by atoms with Crippen LogP contribution < -0.4 is 11.1 Å². The Bertz CT molecular complexity index is 146. The highest BCUT2D eigenvalue weighted by Gasteiger charge is 2.15. The van der Waals surface area contributed by atoms with Gasteiger partial charge < -0.3 is 11.1 Å². The van der Waals surface area contributed by atoms with Crippen LogP contribution in [0.2, 0.25) is 0 Å². The van der Waals surface area contributed by atoms with Crippen LogP contribution in [0.4, 0.5) is 0 Å². The van der Waals surface area contributed by atoms with Crippen LogP contribution in [0.15, 0.2) is 0 Å². The van der Waals surface area contributed by atoms with Crippen LogP contribution in [0.3, 0.4) is 0 Å². The summed E-state index contributed by atoms with van der Waals surface area (Å²) in [4.78, 5) is 11.5. The van der Waals surface area contributed by atoms with Gasteiger partial charge in [0.25, 0.3) is 0 Å². The van der Waals surface area contributed by atoms with E-state index in [1.165, 1.54) is 0 Å². The largest absolute Gasteiger partial charge is 0.354 e. The molecule has 3 nitrogen and oxygen atoms in total. The number of nitrogens with one attached hydrogen (secondary N) is 1. The fourth-order valence-corrected chi connectivity index (χ4v) is 1.29. The van der Waals surface area contributed by atoms with Gasteiger partial charge in [0.2, 0.25) is 5.91 Å². The van der Waals surface area contributed by atoms with Gasteiger partial charge in [0.1, 0.15) is 0 Å². The third-order valence-corrected chi connectivity index (χ3v) is 2.05. The van der Waals surface area contributed by atoms with Crippen molar-refractivity contribution in [3.63, 3.8) is 0 Å². The van der Waals surface area contributed by atoms with Crippen molar-refractivity contribution in [2.24, 2.45) is 11.7 Å². The molecule has 0 aromatic heterocycles. The van der Waals surface area contributed by atoms with Crippen molar-refractivity contribution < 1.29 is 4.79 Å². The Hall–Kier alpha value is -0.570. The van der Waals surface area contributed by atoms with Gasteiger partial charge in [-0.25, -0.2) is 0 Å². The van der Waals surface area contributed by atoms with E-state index in [2.05, 4.69) is 5.32 Å². The maximum absolute atomic E-state index is 11.5. The van der Waals surface area contributed by atoms with Gasteiger partial charge in [0.15, 0.2) is 0 Å². The van der Waals surface area contributed by atoms with E-state index in [4.69, 9.17) is 5.73 Å². The lowest BCUT2D eigenvalue weighted by Crippen LogP contribution is -2.35. The average molecular weight is 186 g/mol. The molecule has 0 aromatic rings. The zero-order valence-corrected chi connectivity index (χ0v) is 8.97. The maximum atomic E-state index is 11.5. The van der Waals surface area contributed by atoms with Crippen LogP contribution >= 0.6 is 0 Å². The summed E-state index contributed by atoms with van der Waals surface area (Å²) in [6.45, 7) is 6.67. The first kappa shape index (κ1) is 12.4. The second kappa shape index (κ2) is 6.89. The van der Waals surface area contributed by atoms with Gasteiger partial charge in [-0.2, -0.15) is 0 Å². The molecule has 1 atom stereocenters. The molecule has 0 spiro atoms. The molecule has 0 saturated heterocycles. The lowest BCUT2D eigenvalue weighted by Gasteiger charge is -2.16. The number of amides is 1. The van der Waals surface area contributed by atoms with Crippen LogP contribution in [0, 0.1) is 5.92 Å². The minimum Gasteiger partial charge on any atom is -0.354 e. The fourth-order valence-electron chi connectivity index (χ4n) is 1.29. The molecule has 0 saturated carbocycles. The summed E-state index contributed by atoms with van der Waals surface area (Å²) in [7, 11) is 0. The SMILES string of the molecule is CCC(CCCN)C(=O)NC(C)C. The van der Waals surface area contributed by atoms with Crippen LogP contribution in [0.5, 0.6) is 0 Å². The zero-order valence-electron chi connectivity index (χ0n) is 8.97. The van der Waals surface area contributed by atoms with Crippen LogP contribution in [-0.2, 0) is 4.79 Å². The molecule has 1 unspecified atom stereocenters. The van der Waals surface area contributed by atoms with Crippen molar-refractivity contribution >= 4 is 5.91 Å². The molecule has 78 valence electrons. The number of nitrogens with two attached hydrogens (primary N) is 1. The molecule has 0 aliphatic carbocycles. The Morgan fingerprint density at radius 3 is 2.46 bits per heavy atom. The Labute approximate surface area is 81.1 Å². The topological polar surface area (TPSA) is 55.1 Å². The Morgan fingerprint density at radius 2 is 2.08 bits per heavy atom. The molecule has 0 fully saturated rings. The standard InChI is InChI=1S/C10H22N2O/c1-4-9(6-5-7-11)10(13)12-8(2)3/h8-9H,4-7,11H2,1-3H3,(H,12,13). The molecular formula is C10H22N2O. The predicted molar refractivity (Wildman–Crippen MR) is 55.3 cm³/mol. The van der Waals surface area contributed by atoms with Crippen molar-refractivity contribution in [1.82, 2.24) is 5.32 Å². The van der Waals surface area contributed by atoms with Crippen molar-refractivity contribution in [2.45, 2.75) is 46.1 Å². The molecule has 13 heavy (non-hydrogen) atoms. The lowest BCUT2D eigenvalue weighted by molar-refractivity contribution is -0.125. The first-order chi connectivity index (χ1) is 6.11. The van der Waals surface area contributed by atoms with E-state index in [0.717, 1.165) is 19.3 Å². The molecule has 0 heterocycles. The summed E-state index contributed by atoms with van der Waals surface area (Å²) in [5.41, 5.74) is 5.40. The first-order valence-electron chi connectivity index (χ1n) is 5.12. The molecule has 0 aromatic carbocycles. The zero-order chi connectivity index (χ0) is 10.3. The molecule has 1 amide bonds. The summed E-state index contributed by atoms with van der Waals surface area (Å²) in [6.07, 6.45) is 2.74. The minimum atomic E-state index is 0.144. The highest BCUT2D eigenvalue weighted by atomic mass is 16.1. The average Bonchev–Trinajstić information content (AvgIpc) is 2.04. The normalized spacial score (nSPS) is 13.0. The summed E-state index contributed by atoms with van der Waals surface area (Å²) in [5.74, 6) is 0.317. The monoisotopic (exact) mass is 186 g/mol. The van der Waals surface area contributed by atoms with Gasteiger partial charge in [0.05, 0.1) is 0 Å². The summed E-state index contributed by atoms with van der Waals surface area (Å²) >= 11 is 0. The van der Waals surface area contributed by atoms with Crippen molar-refractivity contribution in [3.8, 4) is 0 Å². The van der Waals surface area contributed by atoms with Gasteiger partial charge in [0, 0.05) is 12.0 Å². The maximum Gasteiger partial charge on any atom is 0.223 e. The second-order valence-corrected chi connectivity index (χ2v) is 3.70. The number of carbonyl (C=O) groups is 1. The Balaban J connectivity index is 3.84. The van der Waals surface area contributed by atoms with E-state index in [1.54, 1.807) is 0 Å². The van der Waals surface area contributed by atoms with Crippen LogP contribution in [0.1, 0.15) is 40.0 Å². The number of hydrogen-bond donors (Lipinski definition) is 2. The third-order valence-electron chi connectivity index (χ3n) is 2.05. The van der Waals surface area contributed by atoms with Gasteiger partial charge in [-0.15, -0.1) is 0 Å². The first-order valence-corrected chi connectivity index (χ1v) is 5.12. The summed E-state index contributed by atoms with van der Waals surface area (Å²) in [6, 6.07) is 0.236. The van der Waals surface area contributed by atoms with Gasteiger partial charge in [-0.1, -0.05) is 6.92 Å². The predicted octanol–water partition coefficient (Wildman–Crippen LogP) is 1.28. The van der Waals surface area contributed by atoms with E-state index in [-0.39, 0.29) is 17.9 Å². The smallest absolute Gasteiger partial charge is 0.223 e. The molecule has 3 N–H and O–H groups in total.